The molecule has 1 aliphatic rings. The van der Waals surface area contributed by atoms with Crippen LogP contribution in [0, 0.1) is 0 Å². The van der Waals surface area contributed by atoms with Gasteiger partial charge >= 0.3 is 0 Å². The molecule has 1 aliphatic heterocycles. The number of carbonyl (C=O) groups is 2. The summed E-state index contributed by atoms with van der Waals surface area (Å²) in [6, 6.07) is 16.3. The molecule has 1 atom stereocenters. The molecule has 0 spiro atoms. The van der Waals surface area contributed by atoms with Crippen molar-refractivity contribution >= 4 is 33.7 Å². The lowest BCUT2D eigenvalue weighted by Gasteiger charge is -2.29. The van der Waals surface area contributed by atoms with Gasteiger partial charge in [-0.2, -0.15) is 0 Å². The summed E-state index contributed by atoms with van der Waals surface area (Å²) < 4.78 is 0.903. The summed E-state index contributed by atoms with van der Waals surface area (Å²) in [4.78, 5) is 29.9. The first-order valence-electron chi connectivity index (χ1n) is 10.5. The molecule has 1 amide bonds. The number of likely N-dealkylation sites (N-methyl/N-ethyl adjacent to an activating group) is 1. The van der Waals surface area contributed by atoms with Crippen molar-refractivity contribution in [2.24, 2.45) is 0 Å². The van der Waals surface area contributed by atoms with Gasteiger partial charge in [-0.05, 0) is 42.4 Å². The van der Waals surface area contributed by atoms with E-state index >= 15 is 0 Å². The van der Waals surface area contributed by atoms with Crippen LogP contribution in [-0.2, 0) is 9.59 Å². The third-order valence-corrected chi connectivity index (χ3v) is 6.06. The molecule has 1 heterocycles. The highest BCUT2D eigenvalue weighted by Gasteiger charge is 2.42. The lowest BCUT2D eigenvalue weighted by atomic mass is 9.95. The van der Waals surface area contributed by atoms with Gasteiger partial charge in [-0.3, -0.25) is 9.59 Å². The SMILES string of the molecule is CCN(CC)CCN1C(=O)C(O)=C(C(=O)/C=C/c2ccccc2)[C@@H]1c1ccc(Br)cc1. The summed E-state index contributed by atoms with van der Waals surface area (Å²) in [5.41, 5.74) is 1.79. The maximum absolute atomic E-state index is 13.1. The number of carbonyl (C=O) groups excluding carboxylic acids is 2. The lowest BCUT2D eigenvalue weighted by Crippen LogP contribution is -2.38. The number of nitrogens with zero attached hydrogens (tertiary/aromatic N) is 2. The molecule has 0 aromatic heterocycles. The molecule has 2 aromatic carbocycles. The summed E-state index contributed by atoms with van der Waals surface area (Å²) in [5.74, 6) is -1.33. The molecule has 0 unspecified atom stereocenters. The van der Waals surface area contributed by atoms with E-state index in [1.807, 2.05) is 54.6 Å². The highest BCUT2D eigenvalue weighted by Crippen LogP contribution is 2.38. The number of allylic oxidation sites excluding steroid dienone is 1. The van der Waals surface area contributed by atoms with Crippen LogP contribution in [0.4, 0.5) is 0 Å². The molecule has 0 fully saturated rings. The number of aliphatic hydroxyl groups is 1. The summed E-state index contributed by atoms with van der Waals surface area (Å²) in [5, 5.41) is 10.7. The average molecular weight is 483 g/mol. The largest absolute Gasteiger partial charge is 0.503 e. The minimum absolute atomic E-state index is 0.124. The second-order valence-electron chi connectivity index (χ2n) is 7.35. The van der Waals surface area contributed by atoms with E-state index in [1.165, 1.54) is 6.08 Å². The molecular formula is C25H27BrN2O3. The Morgan fingerprint density at radius 1 is 1.10 bits per heavy atom. The maximum atomic E-state index is 13.1. The molecular weight excluding hydrogens is 456 g/mol. The number of rotatable bonds is 9. The van der Waals surface area contributed by atoms with Gasteiger partial charge in [0.15, 0.2) is 11.5 Å². The number of benzene rings is 2. The molecule has 5 nitrogen and oxygen atoms in total. The Hall–Kier alpha value is -2.70. The van der Waals surface area contributed by atoms with E-state index in [0.29, 0.717) is 13.1 Å². The van der Waals surface area contributed by atoms with Gasteiger partial charge in [-0.1, -0.05) is 78.3 Å². The molecule has 1 N–H and O–H groups in total. The molecule has 6 heteroatoms. The molecule has 0 saturated carbocycles. The Bertz CT molecular complexity index is 980. The normalized spacial score (nSPS) is 16.7. The summed E-state index contributed by atoms with van der Waals surface area (Å²) in [6.07, 6.45) is 3.12. The predicted molar refractivity (Wildman–Crippen MR) is 127 cm³/mol. The number of aliphatic hydroxyl groups excluding tert-OH is 1. The number of ketones is 1. The van der Waals surface area contributed by atoms with Gasteiger partial charge in [0.05, 0.1) is 11.6 Å². The van der Waals surface area contributed by atoms with Crippen LogP contribution in [0.5, 0.6) is 0 Å². The predicted octanol–water partition coefficient (Wildman–Crippen LogP) is 4.77. The molecule has 0 radical (unpaired) electrons. The van der Waals surface area contributed by atoms with Crippen LogP contribution < -0.4 is 0 Å². The van der Waals surface area contributed by atoms with E-state index in [1.54, 1.807) is 11.0 Å². The van der Waals surface area contributed by atoms with Crippen molar-refractivity contribution in [3.8, 4) is 0 Å². The first kappa shape index (κ1) is 23.0. The third-order valence-electron chi connectivity index (χ3n) is 5.53. The zero-order valence-corrected chi connectivity index (χ0v) is 19.4. The second-order valence-corrected chi connectivity index (χ2v) is 8.27. The van der Waals surface area contributed by atoms with E-state index in [0.717, 1.165) is 28.7 Å². The standard InChI is InChI=1S/C25H27BrN2O3/c1-3-27(4-2)16-17-28-23(19-11-13-20(26)14-12-19)22(24(30)25(28)31)21(29)15-10-18-8-6-5-7-9-18/h5-15,23,30H,3-4,16-17H2,1-2H3/b15-10+/t23-/m0/s1. The number of hydrogen-bond donors (Lipinski definition) is 1. The van der Waals surface area contributed by atoms with Crippen LogP contribution >= 0.6 is 15.9 Å². The summed E-state index contributed by atoms with van der Waals surface area (Å²) in [6.45, 7) is 6.96. The lowest BCUT2D eigenvalue weighted by molar-refractivity contribution is -0.129. The molecule has 162 valence electrons. The monoisotopic (exact) mass is 482 g/mol. The van der Waals surface area contributed by atoms with Gasteiger partial charge in [0.25, 0.3) is 5.91 Å². The quantitative estimate of drug-likeness (QED) is 0.522. The van der Waals surface area contributed by atoms with Gasteiger partial charge in [0.1, 0.15) is 0 Å². The van der Waals surface area contributed by atoms with Crippen molar-refractivity contribution in [3.63, 3.8) is 0 Å². The van der Waals surface area contributed by atoms with E-state index < -0.39 is 17.7 Å². The molecule has 0 aliphatic carbocycles. The maximum Gasteiger partial charge on any atom is 0.290 e. The van der Waals surface area contributed by atoms with Crippen molar-refractivity contribution in [1.82, 2.24) is 9.80 Å². The van der Waals surface area contributed by atoms with Gasteiger partial charge in [-0.15, -0.1) is 0 Å². The fraction of sp³-hybridized carbons (Fsp3) is 0.280. The van der Waals surface area contributed by atoms with Crippen molar-refractivity contribution in [1.29, 1.82) is 0 Å². The van der Waals surface area contributed by atoms with Gasteiger partial charge in [-0.25, -0.2) is 0 Å². The Kier molecular flexibility index (Phi) is 7.82. The fourth-order valence-corrected chi connectivity index (χ4v) is 4.01. The summed E-state index contributed by atoms with van der Waals surface area (Å²) in [7, 11) is 0. The fourth-order valence-electron chi connectivity index (χ4n) is 3.74. The zero-order chi connectivity index (χ0) is 22.4. The van der Waals surface area contributed by atoms with E-state index in [2.05, 4.69) is 34.7 Å². The topological polar surface area (TPSA) is 60.9 Å². The molecule has 2 aromatic rings. The van der Waals surface area contributed by atoms with Crippen LogP contribution in [0.2, 0.25) is 0 Å². The van der Waals surface area contributed by atoms with Crippen LogP contribution in [0.3, 0.4) is 0 Å². The van der Waals surface area contributed by atoms with Crippen LogP contribution in [-0.4, -0.2) is 52.8 Å². The smallest absolute Gasteiger partial charge is 0.290 e. The second kappa shape index (κ2) is 10.6. The Balaban J connectivity index is 1.94. The van der Waals surface area contributed by atoms with Gasteiger partial charge in [0, 0.05) is 17.6 Å². The van der Waals surface area contributed by atoms with Crippen molar-refractivity contribution in [2.45, 2.75) is 19.9 Å². The van der Waals surface area contributed by atoms with Gasteiger partial charge in [0.2, 0.25) is 0 Å². The minimum Gasteiger partial charge on any atom is -0.503 e. The Morgan fingerprint density at radius 3 is 2.35 bits per heavy atom. The number of hydrogen-bond acceptors (Lipinski definition) is 4. The molecule has 31 heavy (non-hydrogen) atoms. The number of halogens is 1. The number of amides is 1. The molecule has 0 bridgehead atoms. The highest BCUT2D eigenvalue weighted by molar-refractivity contribution is 9.10. The highest BCUT2D eigenvalue weighted by atomic mass is 79.9. The van der Waals surface area contributed by atoms with E-state index in [4.69, 9.17) is 0 Å². The summed E-state index contributed by atoms with van der Waals surface area (Å²) >= 11 is 3.43. The Morgan fingerprint density at radius 2 is 1.74 bits per heavy atom. The van der Waals surface area contributed by atoms with E-state index in [9.17, 15) is 14.7 Å². The minimum atomic E-state index is -0.621. The molecule has 3 rings (SSSR count). The first-order valence-corrected chi connectivity index (χ1v) is 11.2. The van der Waals surface area contributed by atoms with Crippen LogP contribution in [0.25, 0.3) is 6.08 Å². The van der Waals surface area contributed by atoms with Crippen molar-refractivity contribution < 1.29 is 14.7 Å². The van der Waals surface area contributed by atoms with Crippen LogP contribution in [0.1, 0.15) is 31.0 Å². The van der Waals surface area contributed by atoms with E-state index in [-0.39, 0.29) is 11.4 Å². The Labute approximate surface area is 191 Å². The van der Waals surface area contributed by atoms with Crippen LogP contribution in [0.15, 0.2) is 76.5 Å². The van der Waals surface area contributed by atoms with Crippen molar-refractivity contribution in [2.75, 3.05) is 26.2 Å². The average Bonchev–Trinajstić information content (AvgIpc) is 3.04. The first-order chi connectivity index (χ1) is 15.0. The molecule has 0 saturated heterocycles. The zero-order valence-electron chi connectivity index (χ0n) is 17.8. The third kappa shape index (κ3) is 5.32. The van der Waals surface area contributed by atoms with Gasteiger partial charge < -0.3 is 14.9 Å². The van der Waals surface area contributed by atoms with Crippen molar-refractivity contribution in [3.05, 3.63) is 87.6 Å².